The zero-order valence-corrected chi connectivity index (χ0v) is 18.4. The molecule has 0 fully saturated rings. The van der Waals surface area contributed by atoms with Gasteiger partial charge in [0.1, 0.15) is 6.67 Å². The topological polar surface area (TPSA) is 117 Å². The molecule has 0 saturated heterocycles. The molecule has 0 atom stereocenters. The number of thiazole rings is 1. The summed E-state index contributed by atoms with van der Waals surface area (Å²) in [5, 5.41) is 7.72. The Kier molecular flexibility index (Phi) is 7.55. The molecule has 3 amide bonds. The fourth-order valence-electron chi connectivity index (χ4n) is 2.61. The Morgan fingerprint density at radius 2 is 1.90 bits per heavy atom. The number of imide groups is 1. The molecule has 1 aromatic heterocycles. The van der Waals surface area contributed by atoms with Crippen LogP contribution in [0.5, 0.6) is 0 Å². The van der Waals surface area contributed by atoms with E-state index in [0.29, 0.717) is 10.2 Å². The van der Waals surface area contributed by atoms with Gasteiger partial charge in [0, 0.05) is 13.1 Å². The van der Waals surface area contributed by atoms with E-state index < -0.39 is 28.5 Å². The highest BCUT2D eigenvalue weighted by Gasteiger charge is 2.17. The molecule has 0 bridgehead atoms. The third-order valence-corrected chi connectivity index (χ3v) is 7.08. The molecule has 31 heavy (non-hydrogen) atoms. The van der Waals surface area contributed by atoms with E-state index in [4.69, 9.17) is 11.6 Å². The van der Waals surface area contributed by atoms with Crippen LogP contribution in [0.4, 0.5) is 14.3 Å². The first-order valence-electron chi connectivity index (χ1n) is 9.07. The maximum absolute atomic E-state index is 12.4. The van der Waals surface area contributed by atoms with Crippen molar-refractivity contribution in [1.29, 1.82) is 0 Å². The lowest BCUT2D eigenvalue weighted by Gasteiger charge is -2.05. The summed E-state index contributed by atoms with van der Waals surface area (Å²) in [5.41, 5.74) is 0.645. The maximum atomic E-state index is 12.4. The molecule has 0 aliphatic rings. The Bertz CT molecular complexity index is 1220. The van der Waals surface area contributed by atoms with Gasteiger partial charge in [0.25, 0.3) is 5.91 Å². The van der Waals surface area contributed by atoms with Crippen molar-refractivity contribution in [3.63, 3.8) is 0 Å². The van der Waals surface area contributed by atoms with Gasteiger partial charge in [-0.1, -0.05) is 35.1 Å². The fraction of sp³-hybridized carbons (Fsp3) is 0.211. The number of carbonyl (C=O) groups excluding carboxylic acids is 2. The summed E-state index contributed by atoms with van der Waals surface area (Å²) >= 11 is 7.01. The van der Waals surface area contributed by atoms with E-state index in [9.17, 15) is 22.4 Å². The number of nitrogens with zero attached hydrogens (tertiary/aromatic N) is 1. The second-order valence-electron chi connectivity index (χ2n) is 6.29. The van der Waals surface area contributed by atoms with E-state index in [-0.39, 0.29) is 39.5 Å². The van der Waals surface area contributed by atoms with Gasteiger partial charge >= 0.3 is 6.03 Å². The quantitative estimate of drug-likeness (QED) is 0.422. The summed E-state index contributed by atoms with van der Waals surface area (Å²) in [7, 11) is -3.56. The van der Waals surface area contributed by atoms with Gasteiger partial charge < -0.3 is 5.32 Å². The summed E-state index contributed by atoms with van der Waals surface area (Å²) in [5.74, 6) is -0.839. The van der Waals surface area contributed by atoms with Crippen LogP contribution in [0, 0.1) is 0 Å². The third-order valence-electron chi connectivity index (χ3n) is 4.10. The van der Waals surface area contributed by atoms with E-state index in [1.165, 1.54) is 30.3 Å². The number of urea groups is 1. The number of amides is 3. The largest absolute Gasteiger partial charge is 0.327 e. The number of rotatable bonds is 8. The maximum Gasteiger partial charge on any atom is 0.327 e. The van der Waals surface area contributed by atoms with Crippen molar-refractivity contribution in [3.05, 3.63) is 53.1 Å². The zero-order chi connectivity index (χ0) is 22.4. The Morgan fingerprint density at radius 3 is 2.65 bits per heavy atom. The number of fused-ring (bicyclic) bond motifs is 1. The van der Waals surface area contributed by atoms with Gasteiger partial charge in [-0.15, -0.1) is 0 Å². The average molecular weight is 485 g/mol. The summed E-state index contributed by atoms with van der Waals surface area (Å²) in [6, 6.07) is 9.93. The van der Waals surface area contributed by atoms with Crippen LogP contribution in [0.25, 0.3) is 10.2 Å². The molecule has 0 unspecified atom stereocenters. The van der Waals surface area contributed by atoms with E-state index in [2.05, 4.69) is 20.9 Å². The second-order valence-corrected chi connectivity index (χ2v) is 9.84. The van der Waals surface area contributed by atoms with E-state index in [0.717, 1.165) is 11.3 Å². The molecule has 1 heterocycles. The first-order valence-corrected chi connectivity index (χ1v) is 11.9. The molecule has 0 spiro atoms. The van der Waals surface area contributed by atoms with E-state index in [1.807, 2.05) is 0 Å². The monoisotopic (exact) mass is 484 g/mol. The first-order chi connectivity index (χ1) is 14.8. The van der Waals surface area contributed by atoms with Crippen LogP contribution in [0.3, 0.4) is 0 Å². The summed E-state index contributed by atoms with van der Waals surface area (Å²) in [6.45, 7) is -0.334. The predicted molar refractivity (Wildman–Crippen MR) is 118 cm³/mol. The average Bonchev–Trinajstić information content (AvgIpc) is 3.12. The van der Waals surface area contributed by atoms with Gasteiger partial charge in [-0.25, -0.2) is 22.6 Å². The Morgan fingerprint density at radius 1 is 1.13 bits per heavy atom. The third kappa shape index (κ3) is 5.97. The molecule has 0 aliphatic heterocycles. The van der Waals surface area contributed by atoms with E-state index in [1.54, 1.807) is 12.1 Å². The number of carbonyl (C=O) groups is 2. The lowest BCUT2D eigenvalue weighted by molar-refractivity contribution is 0.0967. The standard InChI is InChI=1S/C19H18ClFN4O4S2/c20-14-4-2-1-3-13(14)17(26)24-18(27)25-19-23-15-6-5-12(11-16(15)30-19)31(28,29)10-9-22-8-7-21/h1-6,11,22H,7-10H2,(H2,23,24,25,26,27). The van der Waals surface area contributed by atoms with Crippen LogP contribution in [-0.4, -0.2) is 50.9 Å². The molecule has 3 aromatic rings. The van der Waals surface area contributed by atoms with Crippen LogP contribution < -0.4 is 16.0 Å². The molecule has 164 valence electrons. The van der Waals surface area contributed by atoms with Crippen molar-refractivity contribution in [1.82, 2.24) is 15.6 Å². The lowest BCUT2D eigenvalue weighted by Crippen LogP contribution is -2.34. The first kappa shape index (κ1) is 23.1. The highest BCUT2D eigenvalue weighted by atomic mass is 35.5. The van der Waals surface area contributed by atoms with Crippen molar-refractivity contribution in [2.24, 2.45) is 0 Å². The zero-order valence-electron chi connectivity index (χ0n) is 16.0. The smallest absolute Gasteiger partial charge is 0.313 e. The number of nitrogens with one attached hydrogen (secondary N) is 3. The molecule has 3 rings (SSSR count). The molecular weight excluding hydrogens is 467 g/mol. The van der Waals surface area contributed by atoms with E-state index >= 15 is 0 Å². The Labute approximate surface area is 186 Å². The summed E-state index contributed by atoms with van der Waals surface area (Å²) in [6.07, 6.45) is 0. The van der Waals surface area contributed by atoms with Gasteiger partial charge in [0.15, 0.2) is 15.0 Å². The molecule has 8 nitrogen and oxygen atoms in total. The predicted octanol–water partition coefficient (Wildman–Crippen LogP) is 3.24. The van der Waals surface area contributed by atoms with Crippen LogP contribution >= 0.6 is 22.9 Å². The highest BCUT2D eigenvalue weighted by molar-refractivity contribution is 7.91. The minimum absolute atomic E-state index is 0.0967. The summed E-state index contributed by atoms with van der Waals surface area (Å²) < 4.78 is 37.5. The molecule has 0 saturated carbocycles. The number of anilines is 1. The van der Waals surface area contributed by atoms with Crippen LogP contribution in [0.2, 0.25) is 5.02 Å². The van der Waals surface area contributed by atoms with Crippen LogP contribution in [0.1, 0.15) is 10.4 Å². The van der Waals surface area contributed by atoms with Crippen molar-refractivity contribution in [3.8, 4) is 0 Å². The number of aromatic nitrogens is 1. The minimum atomic E-state index is -3.56. The van der Waals surface area contributed by atoms with Crippen molar-refractivity contribution in [2.45, 2.75) is 4.90 Å². The minimum Gasteiger partial charge on any atom is -0.313 e. The van der Waals surface area contributed by atoms with Gasteiger partial charge in [-0.2, -0.15) is 0 Å². The Hall–Kier alpha value is -2.60. The number of benzene rings is 2. The Balaban J connectivity index is 1.68. The number of halogens is 2. The van der Waals surface area contributed by atoms with Crippen molar-refractivity contribution < 1.29 is 22.4 Å². The molecule has 2 aromatic carbocycles. The number of hydrogen-bond acceptors (Lipinski definition) is 7. The molecule has 0 aliphatic carbocycles. The highest BCUT2D eigenvalue weighted by Crippen LogP contribution is 2.28. The second kappa shape index (κ2) is 10.1. The number of hydrogen-bond donors (Lipinski definition) is 3. The van der Waals surface area contributed by atoms with Crippen LogP contribution in [-0.2, 0) is 9.84 Å². The molecular formula is C19H18ClFN4O4S2. The van der Waals surface area contributed by atoms with Gasteiger partial charge in [0.2, 0.25) is 0 Å². The van der Waals surface area contributed by atoms with Gasteiger partial charge in [0.05, 0.1) is 31.5 Å². The van der Waals surface area contributed by atoms with Gasteiger partial charge in [-0.05, 0) is 30.3 Å². The summed E-state index contributed by atoms with van der Waals surface area (Å²) in [4.78, 5) is 28.6. The molecule has 12 heteroatoms. The van der Waals surface area contributed by atoms with Gasteiger partial charge in [-0.3, -0.25) is 15.4 Å². The lowest BCUT2D eigenvalue weighted by atomic mass is 10.2. The normalized spacial score (nSPS) is 11.4. The SMILES string of the molecule is O=C(NC(=O)c1ccccc1Cl)Nc1nc2ccc(S(=O)(=O)CCNCCF)cc2s1. The fourth-order valence-corrected chi connectivity index (χ4v) is 5.03. The van der Waals surface area contributed by atoms with Crippen molar-refractivity contribution >= 4 is 60.1 Å². The molecule has 0 radical (unpaired) electrons. The van der Waals surface area contributed by atoms with Crippen LogP contribution in [0.15, 0.2) is 47.4 Å². The van der Waals surface area contributed by atoms with Crippen molar-refractivity contribution in [2.75, 3.05) is 30.8 Å². The number of sulfone groups is 1. The molecule has 3 N–H and O–H groups in total. The number of alkyl halides is 1.